The minimum Gasteiger partial charge on any atom is -0.492 e. The third-order valence-corrected chi connectivity index (χ3v) is 5.60. The number of ether oxygens (including phenoxy) is 1. The molecule has 0 atom stereocenters. The van der Waals surface area contributed by atoms with Crippen LogP contribution in [0.4, 0.5) is 0 Å². The van der Waals surface area contributed by atoms with E-state index >= 15 is 0 Å². The molecule has 116 valence electrons. The molecule has 2 rings (SSSR count). The molecule has 1 aromatic carbocycles. The van der Waals surface area contributed by atoms with Gasteiger partial charge in [0.2, 0.25) is 10.0 Å². The van der Waals surface area contributed by atoms with Crippen molar-refractivity contribution in [1.82, 2.24) is 4.31 Å². The normalized spacial score (nSPS) is 16.5. The van der Waals surface area contributed by atoms with Gasteiger partial charge in [-0.15, -0.1) is 0 Å². The van der Waals surface area contributed by atoms with Crippen LogP contribution in [-0.4, -0.2) is 43.5 Å². The van der Waals surface area contributed by atoms with E-state index in [4.69, 9.17) is 21.4 Å². The zero-order chi connectivity index (χ0) is 15.8. The summed E-state index contributed by atoms with van der Waals surface area (Å²) in [6, 6.07) is 2.93. The van der Waals surface area contributed by atoms with Gasteiger partial charge in [0.1, 0.15) is 10.6 Å². The van der Waals surface area contributed by atoms with Crippen molar-refractivity contribution in [2.24, 2.45) is 5.92 Å². The highest BCUT2D eigenvalue weighted by Crippen LogP contribution is 2.34. The van der Waals surface area contributed by atoms with Gasteiger partial charge >= 0.3 is 5.97 Å². The largest absolute Gasteiger partial charge is 0.492 e. The molecule has 6 nitrogen and oxygen atoms in total. The van der Waals surface area contributed by atoms with Crippen LogP contribution in [0.1, 0.15) is 12.5 Å². The zero-order valence-corrected chi connectivity index (χ0v) is 13.2. The van der Waals surface area contributed by atoms with E-state index in [2.05, 4.69) is 0 Å². The molecule has 0 radical (unpaired) electrons. The number of rotatable bonds is 5. The molecule has 0 amide bonds. The van der Waals surface area contributed by atoms with E-state index in [1.165, 1.54) is 6.07 Å². The van der Waals surface area contributed by atoms with Crippen molar-refractivity contribution < 1.29 is 23.1 Å². The summed E-state index contributed by atoms with van der Waals surface area (Å²) >= 11 is 6.00. The Kier molecular flexibility index (Phi) is 4.46. The smallest absolute Gasteiger partial charge is 0.309 e. The third-order valence-electron chi connectivity index (χ3n) is 3.34. The van der Waals surface area contributed by atoms with Crippen LogP contribution in [0.15, 0.2) is 17.0 Å². The standard InChI is InChI=1S/C13H16ClNO5S/c1-3-20-11-4-8(2)10(14)5-12(11)21(18,19)15-6-9(7-15)13(16)17/h4-5,9H,3,6-7H2,1-2H3,(H,16,17). The van der Waals surface area contributed by atoms with Crippen molar-refractivity contribution in [1.29, 1.82) is 0 Å². The lowest BCUT2D eigenvalue weighted by molar-refractivity contribution is -0.145. The number of halogens is 1. The van der Waals surface area contributed by atoms with Crippen LogP contribution in [0, 0.1) is 12.8 Å². The Morgan fingerprint density at radius 2 is 2.10 bits per heavy atom. The van der Waals surface area contributed by atoms with Gasteiger partial charge in [0.15, 0.2) is 0 Å². The molecule has 0 spiro atoms. The number of hydrogen-bond donors (Lipinski definition) is 1. The summed E-state index contributed by atoms with van der Waals surface area (Å²) in [5, 5.41) is 9.17. The van der Waals surface area contributed by atoms with E-state index in [-0.39, 0.29) is 23.7 Å². The van der Waals surface area contributed by atoms with E-state index < -0.39 is 21.9 Å². The number of aryl methyl sites for hydroxylation is 1. The van der Waals surface area contributed by atoms with Crippen molar-refractivity contribution in [3.8, 4) is 5.75 Å². The molecule has 21 heavy (non-hydrogen) atoms. The fraction of sp³-hybridized carbons (Fsp3) is 0.462. The van der Waals surface area contributed by atoms with Crippen molar-refractivity contribution in [3.05, 3.63) is 22.7 Å². The Balaban J connectivity index is 2.36. The fourth-order valence-electron chi connectivity index (χ4n) is 2.04. The van der Waals surface area contributed by atoms with Gasteiger partial charge in [0.05, 0.1) is 12.5 Å². The Labute approximate surface area is 128 Å². The maximum Gasteiger partial charge on any atom is 0.309 e. The summed E-state index contributed by atoms with van der Waals surface area (Å²) in [4.78, 5) is 10.8. The Morgan fingerprint density at radius 1 is 1.48 bits per heavy atom. The first-order valence-corrected chi connectivity index (χ1v) is 8.25. The monoisotopic (exact) mass is 333 g/mol. The van der Waals surface area contributed by atoms with Gasteiger partial charge in [-0.05, 0) is 31.5 Å². The van der Waals surface area contributed by atoms with Gasteiger partial charge in [-0.1, -0.05) is 11.6 Å². The molecule has 0 aliphatic carbocycles. The summed E-state index contributed by atoms with van der Waals surface area (Å²) in [5.74, 6) is -1.41. The highest BCUT2D eigenvalue weighted by Gasteiger charge is 2.41. The first-order valence-electron chi connectivity index (χ1n) is 6.43. The quantitative estimate of drug-likeness (QED) is 0.887. The molecular weight excluding hydrogens is 318 g/mol. The van der Waals surface area contributed by atoms with Crippen molar-refractivity contribution in [2.45, 2.75) is 18.7 Å². The van der Waals surface area contributed by atoms with E-state index in [0.29, 0.717) is 17.2 Å². The van der Waals surface area contributed by atoms with Crippen molar-refractivity contribution >= 4 is 27.6 Å². The first-order chi connectivity index (χ1) is 9.77. The predicted molar refractivity (Wildman–Crippen MR) is 77.2 cm³/mol. The molecule has 1 aliphatic heterocycles. The molecule has 0 bridgehead atoms. The molecule has 1 fully saturated rings. The van der Waals surface area contributed by atoms with Gasteiger partial charge in [0.25, 0.3) is 0 Å². The second-order valence-electron chi connectivity index (χ2n) is 4.84. The lowest BCUT2D eigenvalue weighted by atomic mass is 10.0. The summed E-state index contributed by atoms with van der Waals surface area (Å²) in [6.45, 7) is 3.76. The number of carbonyl (C=O) groups is 1. The van der Waals surface area contributed by atoms with Crippen molar-refractivity contribution in [3.63, 3.8) is 0 Å². The number of hydrogen-bond acceptors (Lipinski definition) is 4. The summed E-state index contributed by atoms with van der Waals surface area (Å²) in [7, 11) is -3.80. The topological polar surface area (TPSA) is 83.9 Å². The summed E-state index contributed by atoms with van der Waals surface area (Å²) in [5.41, 5.74) is 0.714. The molecule has 8 heteroatoms. The molecule has 1 aliphatic rings. The summed E-state index contributed by atoms with van der Waals surface area (Å²) in [6.07, 6.45) is 0. The third kappa shape index (κ3) is 3.00. The highest BCUT2D eigenvalue weighted by atomic mass is 35.5. The van der Waals surface area contributed by atoms with Crippen LogP contribution >= 0.6 is 11.6 Å². The molecule has 0 saturated carbocycles. The number of nitrogens with zero attached hydrogens (tertiary/aromatic N) is 1. The number of carboxylic acid groups (broad SMARTS) is 1. The zero-order valence-electron chi connectivity index (χ0n) is 11.7. The number of sulfonamides is 1. The van der Waals surface area contributed by atoms with E-state index in [1.807, 2.05) is 0 Å². The Morgan fingerprint density at radius 3 is 2.62 bits per heavy atom. The molecule has 1 aromatic rings. The number of benzene rings is 1. The lowest BCUT2D eigenvalue weighted by Gasteiger charge is -2.35. The second kappa shape index (κ2) is 5.82. The van der Waals surface area contributed by atoms with Gasteiger partial charge in [-0.3, -0.25) is 4.79 Å². The van der Waals surface area contributed by atoms with Crippen LogP contribution in [0.25, 0.3) is 0 Å². The predicted octanol–water partition coefficient (Wildman–Crippen LogP) is 1.75. The number of carboxylic acids is 1. The van der Waals surface area contributed by atoms with Crippen LogP contribution < -0.4 is 4.74 Å². The van der Waals surface area contributed by atoms with Gasteiger partial charge < -0.3 is 9.84 Å². The SMILES string of the molecule is CCOc1cc(C)c(Cl)cc1S(=O)(=O)N1CC(C(=O)O)C1. The fourth-order valence-corrected chi connectivity index (χ4v) is 3.93. The Hall–Kier alpha value is -1.31. The number of aliphatic carboxylic acids is 1. The molecule has 1 heterocycles. The molecular formula is C13H16ClNO5S. The van der Waals surface area contributed by atoms with Crippen LogP contribution in [-0.2, 0) is 14.8 Å². The van der Waals surface area contributed by atoms with Crippen LogP contribution in [0.2, 0.25) is 5.02 Å². The van der Waals surface area contributed by atoms with E-state index in [1.54, 1.807) is 19.9 Å². The molecule has 0 unspecified atom stereocenters. The minimum absolute atomic E-state index is 0.0243. The Bertz CT molecular complexity index is 667. The highest BCUT2D eigenvalue weighted by molar-refractivity contribution is 7.89. The maximum atomic E-state index is 12.5. The lowest BCUT2D eigenvalue weighted by Crippen LogP contribution is -2.52. The minimum atomic E-state index is -3.80. The van der Waals surface area contributed by atoms with Gasteiger partial charge in [0, 0.05) is 18.1 Å². The van der Waals surface area contributed by atoms with E-state index in [0.717, 1.165) is 4.31 Å². The van der Waals surface area contributed by atoms with E-state index in [9.17, 15) is 13.2 Å². The average Bonchev–Trinajstić information content (AvgIpc) is 2.30. The second-order valence-corrected chi connectivity index (χ2v) is 7.15. The molecule has 1 N–H and O–H groups in total. The van der Waals surface area contributed by atoms with Crippen molar-refractivity contribution in [2.75, 3.05) is 19.7 Å². The van der Waals surface area contributed by atoms with Gasteiger partial charge in [-0.2, -0.15) is 4.31 Å². The van der Waals surface area contributed by atoms with Gasteiger partial charge in [-0.25, -0.2) is 8.42 Å². The average molecular weight is 334 g/mol. The van der Waals surface area contributed by atoms with Crippen LogP contribution in [0.5, 0.6) is 5.75 Å². The molecule has 0 aromatic heterocycles. The molecule has 1 saturated heterocycles. The van der Waals surface area contributed by atoms with Crippen LogP contribution in [0.3, 0.4) is 0 Å². The summed E-state index contributed by atoms with van der Waals surface area (Å²) < 4.78 is 31.6. The maximum absolute atomic E-state index is 12.5. The first kappa shape index (κ1) is 16.1.